The number of rotatable bonds is 10. The van der Waals surface area contributed by atoms with Crippen molar-refractivity contribution in [3.63, 3.8) is 0 Å². The van der Waals surface area contributed by atoms with Gasteiger partial charge in [0, 0.05) is 43.5 Å². The summed E-state index contributed by atoms with van der Waals surface area (Å²) < 4.78 is 18.3. The highest BCUT2D eigenvalue weighted by Crippen LogP contribution is 2.41. The van der Waals surface area contributed by atoms with E-state index in [-0.39, 0.29) is 6.10 Å². The number of anilines is 1. The molecule has 0 N–H and O–H groups in total. The molecule has 2 unspecified atom stereocenters. The average molecular weight is 579 g/mol. The Morgan fingerprint density at radius 1 is 0.976 bits per heavy atom. The molecule has 1 aliphatic carbocycles. The molecule has 1 aromatic carbocycles. The molecule has 4 heterocycles. The molecule has 2 atom stereocenters. The van der Waals surface area contributed by atoms with Crippen LogP contribution in [0, 0.1) is 11.8 Å². The van der Waals surface area contributed by atoms with Crippen LogP contribution in [0.25, 0.3) is 0 Å². The number of nitrogens with zero attached hydrogens (tertiary/aromatic N) is 4. The number of aromatic nitrogens is 1. The van der Waals surface area contributed by atoms with Gasteiger partial charge >= 0.3 is 0 Å². The van der Waals surface area contributed by atoms with Gasteiger partial charge in [-0.1, -0.05) is 49.2 Å². The smallest absolute Gasteiger partial charge is 0.227 e. The van der Waals surface area contributed by atoms with Crippen LogP contribution in [0.5, 0.6) is 0 Å². The lowest BCUT2D eigenvalue weighted by Crippen LogP contribution is -2.39. The highest BCUT2D eigenvalue weighted by molar-refractivity contribution is 7.10. The van der Waals surface area contributed by atoms with Crippen LogP contribution < -0.4 is 4.90 Å². The summed E-state index contributed by atoms with van der Waals surface area (Å²) in [7, 11) is 4.49. The van der Waals surface area contributed by atoms with Gasteiger partial charge in [-0.2, -0.15) is 0 Å². The Bertz CT molecular complexity index is 1190. The topological polar surface area (TPSA) is 54.2 Å². The Balaban J connectivity index is 1.05. The highest BCUT2D eigenvalue weighted by Gasteiger charge is 2.32. The Morgan fingerprint density at radius 2 is 1.78 bits per heavy atom. The van der Waals surface area contributed by atoms with Gasteiger partial charge in [0.15, 0.2) is 0 Å². The Morgan fingerprint density at radius 3 is 2.51 bits per heavy atom. The fourth-order valence-electron chi connectivity index (χ4n) is 7.00. The molecule has 3 aromatic rings. The zero-order valence-corrected chi connectivity index (χ0v) is 25.6. The molecule has 222 valence electrons. The molecule has 0 spiro atoms. The van der Waals surface area contributed by atoms with Gasteiger partial charge in [0.25, 0.3) is 0 Å². The van der Waals surface area contributed by atoms with Crippen LogP contribution >= 0.6 is 11.3 Å². The third kappa shape index (κ3) is 7.23. The normalized spacial score (nSPS) is 25.0. The predicted octanol–water partition coefficient (Wildman–Crippen LogP) is 6.04. The number of hydrogen-bond acceptors (Lipinski definition) is 8. The molecule has 2 aliphatic heterocycles. The maximum absolute atomic E-state index is 6.50. The van der Waals surface area contributed by atoms with E-state index in [4.69, 9.17) is 18.9 Å². The first-order chi connectivity index (χ1) is 20.1. The number of thiophene rings is 1. The zero-order chi connectivity index (χ0) is 28.0. The summed E-state index contributed by atoms with van der Waals surface area (Å²) in [6.07, 6.45) is 7.28. The summed E-state index contributed by atoms with van der Waals surface area (Å²) in [5, 5.41) is 2.22. The van der Waals surface area contributed by atoms with Crippen LogP contribution in [0.4, 0.5) is 5.88 Å². The summed E-state index contributed by atoms with van der Waals surface area (Å²) in [4.78, 5) is 13.9. The summed E-state index contributed by atoms with van der Waals surface area (Å²) in [6, 6.07) is 15.6. The van der Waals surface area contributed by atoms with E-state index in [0.717, 1.165) is 88.3 Å². The quantitative estimate of drug-likeness (QED) is 0.291. The van der Waals surface area contributed by atoms with Crippen LogP contribution in [-0.4, -0.2) is 81.4 Å². The Labute approximate surface area is 249 Å². The van der Waals surface area contributed by atoms with E-state index in [2.05, 4.69) is 76.6 Å². The second-order valence-corrected chi connectivity index (χ2v) is 13.2. The molecule has 2 saturated heterocycles. The van der Waals surface area contributed by atoms with Gasteiger partial charge in [0.1, 0.15) is 11.8 Å². The van der Waals surface area contributed by atoms with Crippen LogP contribution in [0.1, 0.15) is 66.3 Å². The van der Waals surface area contributed by atoms with Gasteiger partial charge in [0.05, 0.1) is 19.8 Å². The second kappa shape index (κ2) is 13.8. The number of morpholine rings is 2. The van der Waals surface area contributed by atoms with Crippen molar-refractivity contribution in [1.29, 1.82) is 0 Å². The van der Waals surface area contributed by atoms with Gasteiger partial charge in [-0.3, -0.25) is 4.90 Å². The molecule has 0 radical (unpaired) electrons. The van der Waals surface area contributed by atoms with Gasteiger partial charge in [-0.05, 0) is 68.7 Å². The summed E-state index contributed by atoms with van der Waals surface area (Å²) in [5.41, 5.74) is 2.25. The average Bonchev–Trinajstić information content (AvgIpc) is 3.69. The fourth-order valence-corrected chi connectivity index (χ4v) is 8.01. The first kappa shape index (κ1) is 28.9. The summed E-state index contributed by atoms with van der Waals surface area (Å²) >= 11 is 1.91. The number of oxazole rings is 1. The van der Waals surface area contributed by atoms with Crippen LogP contribution in [0.15, 0.2) is 52.3 Å². The standard InChI is InChI=1S/C33H46N4O3S/c1-35(2)31(30-9-6-22-41-30)27-12-10-25(11-13-27)14-15-36-16-21-39-29(24-36)32-34-28(23-26-7-4-3-5-8-26)33(40-32)37-17-19-38-20-18-37/h3-9,22,25,27,29,31H,10-21,23-24H2,1-2H3. The van der Waals surface area contributed by atoms with Gasteiger partial charge < -0.3 is 23.7 Å². The molecule has 8 heteroatoms. The maximum Gasteiger partial charge on any atom is 0.227 e. The lowest BCUT2D eigenvalue weighted by Gasteiger charge is -2.38. The zero-order valence-electron chi connectivity index (χ0n) is 24.7. The molecular formula is C33H46N4O3S. The largest absolute Gasteiger partial charge is 0.422 e. The SMILES string of the molecule is CN(C)C(c1cccs1)C1CCC(CCN2CCOC(c3nc(Cc4ccccc4)c(N4CCOCC4)o3)C2)CC1. The van der Waals surface area contributed by atoms with Gasteiger partial charge in [0.2, 0.25) is 11.8 Å². The minimum absolute atomic E-state index is 0.115. The Hall–Kier alpha value is -2.23. The molecule has 3 fully saturated rings. The first-order valence-electron chi connectivity index (χ1n) is 15.5. The second-order valence-electron chi connectivity index (χ2n) is 12.2. The van der Waals surface area contributed by atoms with Crippen molar-refractivity contribution < 1.29 is 13.9 Å². The van der Waals surface area contributed by atoms with Crippen LogP contribution in [-0.2, 0) is 15.9 Å². The van der Waals surface area contributed by atoms with Gasteiger partial charge in [-0.25, -0.2) is 4.98 Å². The van der Waals surface area contributed by atoms with E-state index in [1.54, 1.807) is 0 Å². The maximum atomic E-state index is 6.50. The third-order valence-corrected chi connectivity index (χ3v) is 10.2. The van der Waals surface area contributed by atoms with Crippen molar-refractivity contribution in [3.8, 4) is 0 Å². The molecule has 0 bridgehead atoms. The summed E-state index contributed by atoms with van der Waals surface area (Å²) in [5.74, 6) is 3.21. The minimum Gasteiger partial charge on any atom is -0.422 e. The first-order valence-corrected chi connectivity index (χ1v) is 16.4. The van der Waals surface area contributed by atoms with E-state index < -0.39 is 0 Å². The molecular weight excluding hydrogens is 532 g/mol. The lowest BCUT2D eigenvalue weighted by molar-refractivity contribution is -0.0442. The minimum atomic E-state index is -0.115. The van der Waals surface area contributed by atoms with Crippen LogP contribution in [0.3, 0.4) is 0 Å². The van der Waals surface area contributed by atoms with Crippen LogP contribution in [0.2, 0.25) is 0 Å². The van der Waals surface area contributed by atoms with Crippen molar-refractivity contribution in [2.45, 2.75) is 50.7 Å². The molecule has 0 amide bonds. The van der Waals surface area contributed by atoms with E-state index >= 15 is 0 Å². The van der Waals surface area contributed by atoms with E-state index in [1.807, 2.05) is 11.3 Å². The molecule has 41 heavy (non-hydrogen) atoms. The van der Waals surface area contributed by atoms with Crippen molar-refractivity contribution in [1.82, 2.24) is 14.8 Å². The molecule has 1 saturated carbocycles. The molecule has 2 aromatic heterocycles. The fraction of sp³-hybridized carbons (Fsp3) is 0.606. The summed E-state index contributed by atoms with van der Waals surface area (Å²) in [6.45, 7) is 6.81. The van der Waals surface area contributed by atoms with E-state index in [9.17, 15) is 0 Å². The molecule has 7 nitrogen and oxygen atoms in total. The highest BCUT2D eigenvalue weighted by atomic mass is 32.1. The Kier molecular flexibility index (Phi) is 9.74. The monoisotopic (exact) mass is 578 g/mol. The molecule has 6 rings (SSSR count). The van der Waals surface area contributed by atoms with Gasteiger partial charge in [-0.15, -0.1) is 11.3 Å². The predicted molar refractivity (Wildman–Crippen MR) is 165 cm³/mol. The van der Waals surface area contributed by atoms with Crippen molar-refractivity contribution in [2.24, 2.45) is 11.8 Å². The van der Waals surface area contributed by atoms with Crippen molar-refractivity contribution in [2.75, 3.05) is 71.5 Å². The number of benzene rings is 1. The third-order valence-electron chi connectivity index (χ3n) is 9.21. The van der Waals surface area contributed by atoms with E-state index in [1.165, 1.54) is 42.5 Å². The van der Waals surface area contributed by atoms with Crippen molar-refractivity contribution >= 4 is 17.2 Å². The van der Waals surface area contributed by atoms with E-state index in [0.29, 0.717) is 6.04 Å². The lowest BCUT2D eigenvalue weighted by atomic mass is 9.76. The molecule has 3 aliphatic rings. The number of hydrogen-bond donors (Lipinski definition) is 0. The number of ether oxygens (including phenoxy) is 2. The van der Waals surface area contributed by atoms with Crippen molar-refractivity contribution in [3.05, 3.63) is 69.9 Å².